The van der Waals surface area contributed by atoms with Crippen molar-refractivity contribution in [1.82, 2.24) is 0 Å². The molecule has 0 aliphatic rings. The molecule has 0 radical (unpaired) electrons. The maximum Gasteiger partial charge on any atom is 0.165 e. The Kier molecular flexibility index (Phi) is 4.41. The molecule has 0 aliphatic heterocycles. The molecule has 0 amide bonds. The van der Waals surface area contributed by atoms with E-state index in [-0.39, 0.29) is 17.5 Å². The zero-order valence-corrected chi connectivity index (χ0v) is 10.1. The van der Waals surface area contributed by atoms with E-state index in [9.17, 15) is 9.59 Å². The Balaban J connectivity index is 2.89. The zero-order valence-electron chi connectivity index (χ0n) is 10.1. The molecule has 0 aromatic heterocycles. The highest BCUT2D eigenvalue weighted by molar-refractivity contribution is 5.99. The van der Waals surface area contributed by atoms with Crippen molar-refractivity contribution in [3.05, 3.63) is 35.4 Å². The fourth-order valence-corrected chi connectivity index (χ4v) is 1.76. The van der Waals surface area contributed by atoms with Gasteiger partial charge in [-0.05, 0) is 19.8 Å². The highest BCUT2D eigenvalue weighted by atomic mass is 16.1. The highest BCUT2D eigenvalue weighted by Gasteiger charge is 2.16. The number of hydrogen-bond acceptors (Lipinski definition) is 2. The van der Waals surface area contributed by atoms with Crippen LogP contribution in [-0.2, 0) is 0 Å². The van der Waals surface area contributed by atoms with Crippen LogP contribution in [0.2, 0.25) is 0 Å². The maximum atomic E-state index is 12.0. The Morgan fingerprint density at radius 2 is 1.44 bits per heavy atom. The minimum atomic E-state index is 0.0292. The highest BCUT2D eigenvalue weighted by Crippen LogP contribution is 2.16. The van der Waals surface area contributed by atoms with Gasteiger partial charge >= 0.3 is 0 Å². The Morgan fingerprint density at radius 3 is 1.81 bits per heavy atom. The number of hydrogen-bond donors (Lipinski definition) is 0. The van der Waals surface area contributed by atoms with Gasteiger partial charge in [-0.15, -0.1) is 0 Å². The first-order valence-electron chi connectivity index (χ1n) is 5.75. The summed E-state index contributed by atoms with van der Waals surface area (Å²) in [7, 11) is 0. The van der Waals surface area contributed by atoms with Crippen molar-refractivity contribution < 1.29 is 9.59 Å². The van der Waals surface area contributed by atoms with Crippen LogP contribution in [-0.4, -0.2) is 11.6 Å². The van der Waals surface area contributed by atoms with Crippen LogP contribution >= 0.6 is 0 Å². The molecule has 0 saturated carbocycles. The van der Waals surface area contributed by atoms with Crippen LogP contribution < -0.4 is 0 Å². The maximum absolute atomic E-state index is 12.0. The van der Waals surface area contributed by atoms with Gasteiger partial charge in [0.2, 0.25) is 0 Å². The first kappa shape index (κ1) is 12.6. The lowest BCUT2D eigenvalue weighted by Gasteiger charge is -2.10. The van der Waals surface area contributed by atoms with Gasteiger partial charge in [-0.3, -0.25) is 9.59 Å². The molecule has 0 spiro atoms. The fourth-order valence-electron chi connectivity index (χ4n) is 1.76. The molecule has 0 atom stereocenters. The second-order valence-corrected chi connectivity index (χ2v) is 4.01. The lowest BCUT2D eigenvalue weighted by atomic mass is 9.92. The number of ketones is 2. The topological polar surface area (TPSA) is 34.1 Å². The zero-order chi connectivity index (χ0) is 12.1. The van der Waals surface area contributed by atoms with Gasteiger partial charge in [0.05, 0.1) is 0 Å². The second kappa shape index (κ2) is 5.59. The summed E-state index contributed by atoms with van der Waals surface area (Å²) in [5.74, 6) is 0.310. The molecular weight excluding hydrogens is 200 g/mol. The molecule has 1 aromatic rings. The van der Waals surface area contributed by atoms with E-state index in [0.29, 0.717) is 11.1 Å². The van der Waals surface area contributed by atoms with E-state index in [0.717, 1.165) is 12.8 Å². The van der Waals surface area contributed by atoms with Crippen molar-refractivity contribution in [1.29, 1.82) is 0 Å². The predicted molar refractivity (Wildman–Crippen MR) is 64.8 cm³/mol. The summed E-state index contributed by atoms with van der Waals surface area (Å²) in [5.41, 5.74) is 1.36. The minimum Gasteiger partial charge on any atom is -0.295 e. The average Bonchev–Trinajstić information content (AvgIpc) is 2.30. The number of Topliss-reactive ketones (excluding diaryl/α,β-unsaturated/α-hetero) is 2. The number of rotatable bonds is 5. The van der Waals surface area contributed by atoms with Gasteiger partial charge in [0, 0.05) is 17.0 Å². The smallest absolute Gasteiger partial charge is 0.165 e. The summed E-state index contributed by atoms with van der Waals surface area (Å²) in [6.45, 7) is 5.57. The van der Waals surface area contributed by atoms with Crippen molar-refractivity contribution in [3.8, 4) is 0 Å². The number of carbonyl (C=O) groups excluding carboxylic acids is 2. The molecule has 0 heterocycles. The summed E-state index contributed by atoms with van der Waals surface area (Å²) in [5, 5.41) is 0. The lowest BCUT2D eigenvalue weighted by Crippen LogP contribution is -2.13. The Morgan fingerprint density at radius 1 is 1.00 bits per heavy atom. The largest absolute Gasteiger partial charge is 0.295 e. The molecule has 0 aliphatic carbocycles. The first-order chi connectivity index (χ1) is 7.60. The molecule has 0 fully saturated rings. The van der Waals surface area contributed by atoms with Gasteiger partial charge < -0.3 is 0 Å². The first-order valence-corrected chi connectivity index (χ1v) is 5.75. The average molecular weight is 218 g/mol. The van der Waals surface area contributed by atoms with Crippen molar-refractivity contribution in [2.45, 2.75) is 33.6 Å². The third kappa shape index (κ3) is 2.78. The van der Waals surface area contributed by atoms with Crippen LogP contribution in [0.3, 0.4) is 0 Å². The van der Waals surface area contributed by atoms with Crippen molar-refractivity contribution in [2.75, 3.05) is 0 Å². The molecule has 0 N–H and O–H groups in total. The van der Waals surface area contributed by atoms with Crippen molar-refractivity contribution >= 4 is 11.6 Å². The van der Waals surface area contributed by atoms with Crippen LogP contribution in [0, 0.1) is 5.92 Å². The standard InChI is InChI=1S/C14H18O2/c1-4-11(5-2)14(16)13-8-6-12(7-9-13)10(3)15/h6-9,11H,4-5H2,1-3H3. The molecule has 1 rings (SSSR count). The van der Waals surface area contributed by atoms with Crippen LogP contribution in [0.1, 0.15) is 54.3 Å². The van der Waals surface area contributed by atoms with Crippen LogP contribution in [0.4, 0.5) is 0 Å². The van der Waals surface area contributed by atoms with Gasteiger partial charge in [0.25, 0.3) is 0 Å². The molecule has 0 bridgehead atoms. The molecule has 0 unspecified atom stereocenters. The van der Waals surface area contributed by atoms with E-state index in [1.807, 2.05) is 13.8 Å². The molecule has 0 saturated heterocycles. The second-order valence-electron chi connectivity index (χ2n) is 4.01. The molecule has 2 nitrogen and oxygen atoms in total. The van der Waals surface area contributed by atoms with E-state index >= 15 is 0 Å². The predicted octanol–water partition coefficient (Wildman–Crippen LogP) is 3.51. The minimum absolute atomic E-state index is 0.0292. The summed E-state index contributed by atoms with van der Waals surface area (Å²) < 4.78 is 0. The monoisotopic (exact) mass is 218 g/mol. The van der Waals surface area contributed by atoms with Gasteiger partial charge in [-0.25, -0.2) is 0 Å². The van der Waals surface area contributed by atoms with Crippen LogP contribution in [0.25, 0.3) is 0 Å². The quantitative estimate of drug-likeness (QED) is 0.709. The Hall–Kier alpha value is -1.44. The van der Waals surface area contributed by atoms with Crippen molar-refractivity contribution in [3.63, 3.8) is 0 Å². The third-order valence-corrected chi connectivity index (χ3v) is 2.93. The number of carbonyl (C=O) groups is 2. The molecule has 16 heavy (non-hydrogen) atoms. The van der Waals surface area contributed by atoms with Gasteiger partial charge in [0.15, 0.2) is 11.6 Å². The molecule has 2 heteroatoms. The molecule has 86 valence electrons. The summed E-state index contributed by atoms with van der Waals surface area (Å²) in [6.07, 6.45) is 1.73. The van der Waals surface area contributed by atoms with Crippen LogP contribution in [0.15, 0.2) is 24.3 Å². The Labute approximate surface area is 96.7 Å². The van der Waals surface area contributed by atoms with E-state index < -0.39 is 0 Å². The SMILES string of the molecule is CCC(CC)C(=O)c1ccc(C(C)=O)cc1. The third-order valence-electron chi connectivity index (χ3n) is 2.93. The van der Waals surface area contributed by atoms with Gasteiger partial charge in [-0.2, -0.15) is 0 Å². The van der Waals surface area contributed by atoms with Crippen LogP contribution in [0.5, 0.6) is 0 Å². The van der Waals surface area contributed by atoms with E-state index in [2.05, 4.69) is 0 Å². The van der Waals surface area contributed by atoms with Gasteiger partial charge in [-0.1, -0.05) is 38.1 Å². The van der Waals surface area contributed by atoms with E-state index in [4.69, 9.17) is 0 Å². The fraction of sp³-hybridized carbons (Fsp3) is 0.429. The van der Waals surface area contributed by atoms with E-state index in [1.54, 1.807) is 24.3 Å². The van der Waals surface area contributed by atoms with E-state index in [1.165, 1.54) is 6.92 Å². The lowest BCUT2D eigenvalue weighted by molar-refractivity contribution is 0.0912. The normalized spacial score (nSPS) is 10.5. The number of benzene rings is 1. The Bertz CT molecular complexity index is 372. The summed E-state index contributed by atoms with van der Waals surface area (Å²) in [4.78, 5) is 23.1. The van der Waals surface area contributed by atoms with Gasteiger partial charge in [0.1, 0.15) is 0 Å². The molecule has 1 aromatic carbocycles. The molecular formula is C14H18O2. The van der Waals surface area contributed by atoms with Crippen molar-refractivity contribution in [2.24, 2.45) is 5.92 Å². The summed E-state index contributed by atoms with van der Waals surface area (Å²) >= 11 is 0. The summed E-state index contributed by atoms with van der Waals surface area (Å²) in [6, 6.07) is 6.94.